The molecule has 1 aromatic rings. The Morgan fingerprint density at radius 2 is 1.95 bits per heavy atom. The van der Waals surface area contributed by atoms with Crippen molar-refractivity contribution < 1.29 is 13.9 Å². The minimum Gasteiger partial charge on any atom is -0.506 e. The van der Waals surface area contributed by atoms with Crippen molar-refractivity contribution in [2.75, 3.05) is 26.2 Å². The van der Waals surface area contributed by atoms with E-state index in [1.165, 1.54) is 0 Å². The Kier molecular flexibility index (Phi) is 3.97. The molecule has 110 valence electrons. The van der Waals surface area contributed by atoms with Crippen LogP contribution in [-0.4, -0.2) is 36.2 Å². The van der Waals surface area contributed by atoms with Crippen molar-refractivity contribution in [1.82, 2.24) is 10.2 Å². The molecule has 0 amide bonds. The second kappa shape index (κ2) is 5.58. The van der Waals surface area contributed by atoms with Gasteiger partial charge in [-0.15, -0.1) is 0 Å². The van der Waals surface area contributed by atoms with E-state index >= 15 is 0 Å². The smallest absolute Gasteiger partial charge is 0.167 e. The Labute approximate surface area is 125 Å². The zero-order valence-corrected chi connectivity index (χ0v) is 12.6. The van der Waals surface area contributed by atoms with E-state index in [0.29, 0.717) is 5.92 Å². The maximum absolute atomic E-state index is 14.2. The molecule has 2 fully saturated rings. The van der Waals surface area contributed by atoms with Gasteiger partial charge in [-0.1, -0.05) is 0 Å². The quantitative estimate of drug-likeness (QED) is 0.826. The number of aromatic hydroxyl groups is 1. The Morgan fingerprint density at radius 3 is 2.55 bits per heavy atom. The van der Waals surface area contributed by atoms with Gasteiger partial charge in [0.1, 0.15) is 5.75 Å². The van der Waals surface area contributed by atoms with Gasteiger partial charge in [-0.25, -0.2) is 8.78 Å². The summed E-state index contributed by atoms with van der Waals surface area (Å²) < 4.78 is 28.1. The Bertz CT molecular complexity index is 490. The zero-order valence-electron chi connectivity index (χ0n) is 11.0. The van der Waals surface area contributed by atoms with Crippen LogP contribution < -0.4 is 5.32 Å². The highest BCUT2D eigenvalue weighted by atomic mass is 79.9. The summed E-state index contributed by atoms with van der Waals surface area (Å²) in [7, 11) is 0. The van der Waals surface area contributed by atoms with Crippen LogP contribution in [0.15, 0.2) is 10.5 Å². The molecule has 3 nitrogen and oxygen atoms in total. The molecule has 1 saturated carbocycles. The zero-order chi connectivity index (χ0) is 14.3. The molecule has 1 aromatic carbocycles. The first-order chi connectivity index (χ1) is 9.59. The summed E-state index contributed by atoms with van der Waals surface area (Å²) in [6.07, 6.45) is 2.00. The summed E-state index contributed by atoms with van der Waals surface area (Å²) in [6.45, 7) is 3.24. The molecule has 1 aliphatic heterocycles. The standard InChI is InChI=1S/C14H17BrF2N2O/c15-9-7-10(16)12(17)11(14(9)20)13(8-1-2-8)19-5-3-18-4-6-19/h7-8,13,18,20H,1-6H2/t13-/m0/s1. The number of hydrogen-bond donors (Lipinski definition) is 2. The van der Waals surface area contributed by atoms with Gasteiger partial charge in [0.2, 0.25) is 0 Å². The molecule has 0 radical (unpaired) electrons. The van der Waals surface area contributed by atoms with Crippen molar-refractivity contribution in [2.24, 2.45) is 5.92 Å². The maximum atomic E-state index is 14.2. The number of phenolic OH excluding ortho intramolecular Hbond substituents is 1. The summed E-state index contributed by atoms with van der Waals surface area (Å²) in [5, 5.41) is 13.4. The third-order valence-electron chi connectivity index (χ3n) is 4.09. The molecule has 3 rings (SSSR count). The van der Waals surface area contributed by atoms with E-state index in [2.05, 4.69) is 26.1 Å². The summed E-state index contributed by atoms with van der Waals surface area (Å²) in [4.78, 5) is 2.15. The van der Waals surface area contributed by atoms with Crippen LogP contribution in [0.1, 0.15) is 24.4 Å². The minimum atomic E-state index is -0.916. The van der Waals surface area contributed by atoms with Crippen molar-refractivity contribution in [2.45, 2.75) is 18.9 Å². The van der Waals surface area contributed by atoms with E-state index < -0.39 is 11.6 Å². The molecule has 1 atom stereocenters. The third-order valence-corrected chi connectivity index (χ3v) is 4.69. The Balaban J connectivity index is 2.03. The molecule has 1 saturated heterocycles. The highest BCUT2D eigenvalue weighted by Crippen LogP contribution is 2.49. The average molecular weight is 347 g/mol. The molecule has 0 unspecified atom stereocenters. The predicted octanol–water partition coefficient (Wildman–Crippen LogP) is 2.79. The summed E-state index contributed by atoms with van der Waals surface area (Å²) in [5.41, 5.74) is 0.112. The van der Waals surface area contributed by atoms with Crippen molar-refractivity contribution in [3.05, 3.63) is 27.7 Å². The van der Waals surface area contributed by atoms with Gasteiger partial charge in [0, 0.05) is 32.2 Å². The third kappa shape index (κ3) is 2.56. The van der Waals surface area contributed by atoms with Crippen molar-refractivity contribution >= 4 is 15.9 Å². The average Bonchev–Trinajstić information content (AvgIpc) is 3.27. The number of phenols is 1. The molecule has 0 aromatic heterocycles. The van der Waals surface area contributed by atoms with Crippen molar-refractivity contribution in [1.29, 1.82) is 0 Å². The van der Waals surface area contributed by atoms with Crippen LogP contribution in [0, 0.1) is 17.6 Å². The minimum absolute atomic E-state index is 0.112. The van der Waals surface area contributed by atoms with Crippen LogP contribution in [0.3, 0.4) is 0 Å². The molecular formula is C14H17BrF2N2O. The van der Waals surface area contributed by atoms with Crippen molar-refractivity contribution in [3.8, 4) is 5.75 Å². The summed E-state index contributed by atoms with van der Waals surface area (Å²) in [6, 6.07) is 0.750. The van der Waals surface area contributed by atoms with Gasteiger partial charge in [0.25, 0.3) is 0 Å². The molecule has 20 heavy (non-hydrogen) atoms. The van der Waals surface area contributed by atoms with Gasteiger partial charge < -0.3 is 10.4 Å². The lowest BCUT2D eigenvalue weighted by Gasteiger charge is -2.36. The van der Waals surface area contributed by atoms with Gasteiger partial charge in [-0.2, -0.15) is 0 Å². The number of halogens is 3. The SMILES string of the molecule is Oc1c(Br)cc(F)c(F)c1[C@H](C1CC1)N1CCNCC1. The molecule has 0 spiro atoms. The number of nitrogens with one attached hydrogen (secondary N) is 1. The summed E-state index contributed by atoms with van der Waals surface area (Å²) >= 11 is 3.11. The molecule has 2 N–H and O–H groups in total. The molecular weight excluding hydrogens is 330 g/mol. The van der Waals surface area contributed by atoms with Gasteiger partial charge in [0.15, 0.2) is 11.6 Å². The van der Waals surface area contributed by atoms with E-state index in [0.717, 1.165) is 45.1 Å². The monoisotopic (exact) mass is 346 g/mol. The lowest BCUT2D eigenvalue weighted by molar-refractivity contribution is 0.149. The van der Waals surface area contributed by atoms with Crippen LogP contribution >= 0.6 is 15.9 Å². The fourth-order valence-electron chi connectivity index (χ4n) is 2.96. The first-order valence-corrected chi connectivity index (χ1v) is 7.70. The van der Waals surface area contributed by atoms with Crippen LogP contribution in [-0.2, 0) is 0 Å². The second-order valence-electron chi connectivity index (χ2n) is 5.48. The van der Waals surface area contributed by atoms with E-state index in [1.54, 1.807) is 0 Å². The highest BCUT2D eigenvalue weighted by Gasteiger charge is 2.40. The summed E-state index contributed by atoms with van der Waals surface area (Å²) in [5.74, 6) is -1.69. The number of nitrogens with zero attached hydrogens (tertiary/aromatic N) is 1. The number of rotatable bonds is 3. The normalized spacial score (nSPS) is 21.9. The lowest BCUT2D eigenvalue weighted by atomic mass is 9.98. The van der Waals surface area contributed by atoms with Crippen LogP contribution in [0.4, 0.5) is 8.78 Å². The van der Waals surface area contributed by atoms with Crippen molar-refractivity contribution in [3.63, 3.8) is 0 Å². The molecule has 0 bridgehead atoms. The van der Waals surface area contributed by atoms with E-state index in [1.807, 2.05) is 0 Å². The van der Waals surface area contributed by atoms with Crippen LogP contribution in [0.5, 0.6) is 5.75 Å². The lowest BCUT2D eigenvalue weighted by Crippen LogP contribution is -2.46. The highest BCUT2D eigenvalue weighted by molar-refractivity contribution is 9.10. The number of piperazine rings is 1. The Morgan fingerprint density at radius 1 is 1.30 bits per heavy atom. The second-order valence-corrected chi connectivity index (χ2v) is 6.34. The number of hydrogen-bond acceptors (Lipinski definition) is 3. The predicted molar refractivity (Wildman–Crippen MR) is 75.6 cm³/mol. The first-order valence-electron chi connectivity index (χ1n) is 6.90. The largest absolute Gasteiger partial charge is 0.506 e. The van der Waals surface area contributed by atoms with E-state index in [9.17, 15) is 13.9 Å². The maximum Gasteiger partial charge on any atom is 0.167 e. The van der Waals surface area contributed by atoms with Gasteiger partial charge in [-0.05, 0) is 40.8 Å². The fraction of sp³-hybridized carbons (Fsp3) is 0.571. The Hall–Kier alpha value is -0.720. The van der Waals surface area contributed by atoms with Gasteiger partial charge in [-0.3, -0.25) is 4.90 Å². The number of benzene rings is 1. The van der Waals surface area contributed by atoms with E-state index in [-0.39, 0.29) is 21.8 Å². The topological polar surface area (TPSA) is 35.5 Å². The van der Waals surface area contributed by atoms with E-state index in [4.69, 9.17) is 0 Å². The molecule has 6 heteroatoms. The van der Waals surface area contributed by atoms with Crippen LogP contribution in [0.2, 0.25) is 0 Å². The molecule has 1 aliphatic carbocycles. The molecule has 2 aliphatic rings. The fourth-order valence-corrected chi connectivity index (χ4v) is 3.38. The van der Waals surface area contributed by atoms with Crippen LogP contribution in [0.25, 0.3) is 0 Å². The molecule has 1 heterocycles. The first kappa shape index (κ1) is 14.2. The van der Waals surface area contributed by atoms with Gasteiger partial charge in [0.05, 0.1) is 10.0 Å². The van der Waals surface area contributed by atoms with Gasteiger partial charge >= 0.3 is 0 Å².